The SMILES string of the molecule is COc1ccc(CN(C)C[C@@H]2OCCCC[C@H](C)Oc3ccc(NC(=O)c4ccncc4)cc3C(=O)N([C@H](C)CO)C[C@H]2C)cc1. The molecule has 2 amide bonds. The first kappa shape index (κ1) is 34.9. The van der Waals surface area contributed by atoms with Gasteiger partial charge in [0.1, 0.15) is 11.5 Å². The molecular formula is C36H48N4O6. The predicted octanol–water partition coefficient (Wildman–Crippen LogP) is 5.27. The van der Waals surface area contributed by atoms with Gasteiger partial charge in [-0.05, 0) is 88.2 Å². The standard InChI is InChI=1S/C36H48N4O6/c1-25-21-40(26(2)24-41)36(43)32-20-30(38-35(42)29-15-17-37-18-16-29)11-14-33(32)46-27(3)8-6-7-19-45-34(25)23-39(4)22-28-9-12-31(44-5)13-10-28/h9-18,20,25-27,34,41H,6-8,19,21-24H2,1-5H3,(H,38,42)/t25-,26-,27+,34+/m1/s1. The third-order valence-corrected chi connectivity index (χ3v) is 8.36. The molecule has 4 rings (SSSR count). The van der Waals surface area contributed by atoms with Gasteiger partial charge in [0.2, 0.25) is 0 Å². The van der Waals surface area contributed by atoms with Crippen LogP contribution >= 0.6 is 0 Å². The number of carbonyl (C=O) groups excluding carboxylic acids is 2. The van der Waals surface area contributed by atoms with Gasteiger partial charge in [-0.1, -0.05) is 19.1 Å². The Morgan fingerprint density at radius 2 is 1.87 bits per heavy atom. The summed E-state index contributed by atoms with van der Waals surface area (Å²) in [5.74, 6) is 0.640. The number of likely N-dealkylation sites (N-methyl/N-ethyl adjacent to an activating group) is 1. The van der Waals surface area contributed by atoms with E-state index < -0.39 is 6.04 Å². The second-order valence-corrected chi connectivity index (χ2v) is 12.2. The van der Waals surface area contributed by atoms with Crippen LogP contribution in [0.3, 0.4) is 0 Å². The molecule has 1 aromatic heterocycles. The third kappa shape index (κ3) is 9.75. The molecule has 0 aliphatic carbocycles. The summed E-state index contributed by atoms with van der Waals surface area (Å²) in [5.41, 5.74) is 2.42. The molecule has 10 heteroatoms. The van der Waals surface area contributed by atoms with Crippen LogP contribution < -0.4 is 14.8 Å². The Bertz CT molecular complexity index is 1400. The van der Waals surface area contributed by atoms with Crippen LogP contribution in [0.15, 0.2) is 67.0 Å². The van der Waals surface area contributed by atoms with Crippen molar-refractivity contribution in [3.8, 4) is 11.5 Å². The van der Waals surface area contributed by atoms with E-state index in [1.54, 1.807) is 54.7 Å². The lowest BCUT2D eigenvalue weighted by molar-refractivity contribution is -0.0177. The maximum Gasteiger partial charge on any atom is 0.258 e. The molecule has 2 aromatic carbocycles. The lowest BCUT2D eigenvalue weighted by atomic mass is 10.0. The van der Waals surface area contributed by atoms with Crippen LogP contribution in [0.25, 0.3) is 0 Å². The Hall–Kier alpha value is -3.99. The van der Waals surface area contributed by atoms with Crippen LogP contribution in [-0.4, -0.2) is 90.4 Å². The van der Waals surface area contributed by atoms with Gasteiger partial charge in [-0.3, -0.25) is 19.5 Å². The molecule has 0 spiro atoms. The summed E-state index contributed by atoms with van der Waals surface area (Å²) in [6.45, 7) is 8.10. The Labute approximate surface area is 272 Å². The molecule has 1 aliphatic rings. The summed E-state index contributed by atoms with van der Waals surface area (Å²) in [6.07, 6.45) is 5.43. The third-order valence-electron chi connectivity index (χ3n) is 8.36. The van der Waals surface area contributed by atoms with Crippen molar-refractivity contribution >= 4 is 17.5 Å². The predicted molar refractivity (Wildman–Crippen MR) is 178 cm³/mol. The molecule has 10 nitrogen and oxygen atoms in total. The molecule has 0 saturated heterocycles. The van der Waals surface area contributed by atoms with E-state index in [2.05, 4.69) is 41.3 Å². The first-order valence-corrected chi connectivity index (χ1v) is 16.1. The number of amides is 2. The zero-order valence-electron chi connectivity index (χ0n) is 27.6. The first-order chi connectivity index (χ1) is 22.2. The lowest BCUT2D eigenvalue weighted by Crippen LogP contribution is -2.47. The molecule has 2 N–H and O–H groups in total. The molecule has 4 atom stereocenters. The second-order valence-electron chi connectivity index (χ2n) is 12.2. The van der Waals surface area contributed by atoms with Crippen LogP contribution in [0.2, 0.25) is 0 Å². The van der Waals surface area contributed by atoms with Crippen molar-refractivity contribution in [3.05, 3.63) is 83.7 Å². The van der Waals surface area contributed by atoms with Gasteiger partial charge in [0.25, 0.3) is 11.8 Å². The van der Waals surface area contributed by atoms with Crippen LogP contribution in [0.4, 0.5) is 5.69 Å². The summed E-state index contributed by atoms with van der Waals surface area (Å²) < 4.78 is 18.1. The second kappa shape index (κ2) is 17.1. The highest BCUT2D eigenvalue weighted by atomic mass is 16.5. The molecule has 0 bridgehead atoms. The van der Waals surface area contributed by atoms with Gasteiger partial charge in [0.15, 0.2) is 0 Å². The number of benzene rings is 2. The number of aliphatic hydroxyl groups excluding tert-OH is 1. The number of hydrogen-bond donors (Lipinski definition) is 2. The van der Waals surface area contributed by atoms with Crippen LogP contribution in [0, 0.1) is 5.92 Å². The molecule has 248 valence electrons. The van der Waals surface area contributed by atoms with Crippen molar-refractivity contribution < 1.29 is 28.9 Å². The Balaban J connectivity index is 1.59. The average Bonchev–Trinajstić information content (AvgIpc) is 3.06. The molecule has 0 fully saturated rings. The van der Waals surface area contributed by atoms with E-state index in [1.807, 2.05) is 26.0 Å². The zero-order chi connectivity index (χ0) is 33.1. The topological polar surface area (TPSA) is 113 Å². The summed E-state index contributed by atoms with van der Waals surface area (Å²) in [6, 6.07) is 16.0. The molecule has 1 aliphatic heterocycles. The van der Waals surface area contributed by atoms with Crippen molar-refractivity contribution in [2.24, 2.45) is 5.92 Å². The highest BCUT2D eigenvalue weighted by Gasteiger charge is 2.30. The van der Waals surface area contributed by atoms with Gasteiger partial charge in [-0.15, -0.1) is 0 Å². The Kier molecular flexibility index (Phi) is 12.9. The van der Waals surface area contributed by atoms with Gasteiger partial charge in [-0.2, -0.15) is 0 Å². The molecule has 0 saturated carbocycles. The average molecular weight is 633 g/mol. The van der Waals surface area contributed by atoms with Crippen molar-refractivity contribution in [3.63, 3.8) is 0 Å². The summed E-state index contributed by atoms with van der Waals surface area (Å²) in [7, 11) is 3.73. The summed E-state index contributed by atoms with van der Waals surface area (Å²) in [5, 5.41) is 13.1. The number of hydrogen-bond acceptors (Lipinski definition) is 8. The number of methoxy groups -OCH3 is 1. The summed E-state index contributed by atoms with van der Waals surface area (Å²) in [4.78, 5) is 35.1. The minimum Gasteiger partial charge on any atom is -0.497 e. The van der Waals surface area contributed by atoms with Crippen molar-refractivity contribution in [1.29, 1.82) is 0 Å². The molecule has 3 aromatic rings. The van der Waals surface area contributed by atoms with E-state index in [1.165, 1.54) is 5.56 Å². The van der Waals surface area contributed by atoms with E-state index in [-0.39, 0.29) is 36.5 Å². The number of ether oxygens (including phenoxy) is 3. The Morgan fingerprint density at radius 3 is 2.57 bits per heavy atom. The minimum absolute atomic E-state index is 0.0444. The number of fused-ring (bicyclic) bond motifs is 1. The normalized spacial score (nSPS) is 20.3. The number of rotatable bonds is 9. The fourth-order valence-corrected chi connectivity index (χ4v) is 5.58. The van der Waals surface area contributed by atoms with Crippen LogP contribution in [-0.2, 0) is 11.3 Å². The highest BCUT2D eigenvalue weighted by Crippen LogP contribution is 2.29. The van der Waals surface area contributed by atoms with Crippen molar-refractivity contribution in [1.82, 2.24) is 14.8 Å². The smallest absolute Gasteiger partial charge is 0.258 e. The summed E-state index contributed by atoms with van der Waals surface area (Å²) >= 11 is 0. The number of nitrogens with one attached hydrogen (secondary N) is 1. The van der Waals surface area contributed by atoms with Gasteiger partial charge in [0, 0.05) is 55.8 Å². The minimum atomic E-state index is -0.458. The van der Waals surface area contributed by atoms with E-state index in [4.69, 9.17) is 14.2 Å². The first-order valence-electron chi connectivity index (χ1n) is 16.1. The monoisotopic (exact) mass is 632 g/mol. The molecule has 46 heavy (non-hydrogen) atoms. The van der Waals surface area contributed by atoms with E-state index in [9.17, 15) is 14.7 Å². The van der Waals surface area contributed by atoms with Crippen LogP contribution in [0.1, 0.15) is 66.3 Å². The quantitative estimate of drug-likeness (QED) is 0.328. The molecular weight excluding hydrogens is 584 g/mol. The van der Waals surface area contributed by atoms with Gasteiger partial charge in [0.05, 0.1) is 37.5 Å². The van der Waals surface area contributed by atoms with Crippen LogP contribution in [0.5, 0.6) is 11.5 Å². The van der Waals surface area contributed by atoms with Crippen molar-refractivity contribution in [2.75, 3.05) is 45.8 Å². The van der Waals surface area contributed by atoms with Gasteiger partial charge in [-0.25, -0.2) is 0 Å². The largest absolute Gasteiger partial charge is 0.497 e. The number of aliphatic hydroxyl groups is 1. The number of aromatic nitrogens is 1. The fraction of sp³-hybridized carbons (Fsp3) is 0.472. The number of carbonyl (C=O) groups is 2. The molecule has 0 radical (unpaired) electrons. The highest BCUT2D eigenvalue weighted by molar-refractivity contribution is 6.05. The maximum atomic E-state index is 14.3. The van der Waals surface area contributed by atoms with E-state index in [0.29, 0.717) is 42.3 Å². The number of anilines is 1. The number of nitrogens with zero attached hydrogens (tertiary/aromatic N) is 3. The van der Waals surface area contributed by atoms with Gasteiger partial charge < -0.3 is 29.5 Å². The molecule has 2 heterocycles. The fourth-order valence-electron chi connectivity index (χ4n) is 5.58. The number of pyridine rings is 1. The van der Waals surface area contributed by atoms with Crippen molar-refractivity contribution in [2.45, 2.75) is 64.8 Å². The Morgan fingerprint density at radius 1 is 1.13 bits per heavy atom. The van der Waals surface area contributed by atoms with Gasteiger partial charge >= 0.3 is 0 Å². The van der Waals surface area contributed by atoms with E-state index in [0.717, 1.165) is 31.6 Å². The zero-order valence-corrected chi connectivity index (χ0v) is 27.6. The van der Waals surface area contributed by atoms with E-state index >= 15 is 0 Å². The molecule has 0 unspecified atom stereocenters. The lowest BCUT2D eigenvalue weighted by Gasteiger charge is -2.36. The maximum absolute atomic E-state index is 14.3.